The Hall–Kier alpha value is -2.56. The second kappa shape index (κ2) is 5.83. The van der Waals surface area contributed by atoms with E-state index in [1.165, 1.54) is 0 Å². The molecule has 1 unspecified atom stereocenters. The summed E-state index contributed by atoms with van der Waals surface area (Å²) in [7, 11) is -0.774. The Kier molecular flexibility index (Phi) is 3.73. The van der Waals surface area contributed by atoms with Crippen LogP contribution in [-0.2, 0) is 9.45 Å². The van der Waals surface area contributed by atoms with Crippen LogP contribution in [0, 0.1) is 0 Å². The highest BCUT2D eigenvalue weighted by Crippen LogP contribution is 2.19. The second-order valence-corrected chi connectivity index (χ2v) is 4.79. The van der Waals surface area contributed by atoms with Crippen molar-refractivity contribution >= 4 is 24.8 Å². The van der Waals surface area contributed by atoms with E-state index in [1.807, 2.05) is 54.6 Å². The molecule has 0 saturated carbocycles. The minimum atomic E-state index is -0.774. The molecule has 0 N–H and O–H groups in total. The Morgan fingerprint density at radius 1 is 1.00 bits per heavy atom. The third-order valence-corrected chi connectivity index (χ3v) is 3.23. The Morgan fingerprint density at radius 2 is 1.71 bits per heavy atom. The predicted molar refractivity (Wildman–Crippen MR) is 82.0 cm³/mol. The Bertz CT molecular complexity index is 672. The van der Waals surface area contributed by atoms with Gasteiger partial charge in [-0.3, -0.25) is 9.79 Å². The van der Waals surface area contributed by atoms with Gasteiger partial charge >= 0.3 is 13.1 Å². The lowest BCUT2D eigenvalue weighted by Crippen LogP contribution is -2.43. The van der Waals surface area contributed by atoms with Crippen molar-refractivity contribution < 1.29 is 14.1 Å². The quantitative estimate of drug-likeness (QED) is 0.748. The van der Waals surface area contributed by atoms with Crippen LogP contribution in [0.1, 0.15) is 12.5 Å². The van der Waals surface area contributed by atoms with Gasteiger partial charge in [-0.15, -0.1) is 0 Å². The molecule has 3 rings (SSSR count). The second-order valence-electron chi connectivity index (χ2n) is 4.79. The third-order valence-electron chi connectivity index (χ3n) is 3.23. The number of para-hydroxylation sites is 1. The van der Waals surface area contributed by atoms with Gasteiger partial charge in [-0.25, -0.2) is 0 Å². The molecule has 1 aliphatic heterocycles. The van der Waals surface area contributed by atoms with Crippen molar-refractivity contribution in [3.05, 3.63) is 60.2 Å². The van der Waals surface area contributed by atoms with Gasteiger partial charge in [0.15, 0.2) is 0 Å². The summed E-state index contributed by atoms with van der Waals surface area (Å²) in [4.78, 5) is 16.3. The first-order valence-corrected chi connectivity index (χ1v) is 6.78. The van der Waals surface area contributed by atoms with Crippen molar-refractivity contribution in [1.82, 2.24) is 0 Å². The molecule has 21 heavy (non-hydrogen) atoms. The monoisotopic (exact) mass is 279 g/mol. The largest absolute Gasteiger partial charge is 0.634 e. The van der Waals surface area contributed by atoms with E-state index in [1.54, 1.807) is 13.1 Å². The zero-order chi connectivity index (χ0) is 14.7. The number of aliphatic imine (C=N–C) groups is 1. The zero-order valence-electron chi connectivity index (χ0n) is 11.6. The van der Waals surface area contributed by atoms with Gasteiger partial charge < -0.3 is 9.31 Å². The fourth-order valence-corrected chi connectivity index (χ4v) is 2.04. The lowest BCUT2D eigenvalue weighted by Gasteiger charge is -2.16. The molecular formula is C16H14BNO3. The van der Waals surface area contributed by atoms with Gasteiger partial charge in [0.2, 0.25) is 0 Å². The van der Waals surface area contributed by atoms with Gasteiger partial charge in [-0.05, 0) is 19.1 Å². The maximum Gasteiger partial charge on any atom is 0.634 e. The number of hydrogen-bond acceptors (Lipinski definition) is 4. The van der Waals surface area contributed by atoms with Gasteiger partial charge in [0.25, 0.3) is 0 Å². The SMILES string of the molecule is CC1N=Cc2ccccc2OB(c2ccccc2)OC1=O. The van der Waals surface area contributed by atoms with Crippen LogP contribution in [0.3, 0.4) is 0 Å². The van der Waals surface area contributed by atoms with Gasteiger partial charge in [0.05, 0.1) is 0 Å². The molecule has 0 bridgehead atoms. The van der Waals surface area contributed by atoms with Gasteiger partial charge in [-0.1, -0.05) is 42.5 Å². The van der Waals surface area contributed by atoms with Crippen molar-refractivity contribution in [2.75, 3.05) is 0 Å². The molecule has 0 saturated heterocycles. The number of rotatable bonds is 1. The summed E-state index contributed by atoms with van der Waals surface area (Å²) in [6.07, 6.45) is 1.65. The average molecular weight is 279 g/mol. The lowest BCUT2D eigenvalue weighted by molar-refractivity contribution is -0.136. The molecule has 0 fully saturated rings. The van der Waals surface area contributed by atoms with E-state index in [4.69, 9.17) is 9.31 Å². The van der Waals surface area contributed by atoms with Gasteiger partial charge in [-0.2, -0.15) is 0 Å². The summed E-state index contributed by atoms with van der Waals surface area (Å²) >= 11 is 0. The first kappa shape index (κ1) is 13.4. The molecule has 1 atom stereocenters. The highest BCUT2D eigenvalue weighted by Gasteiger charge is 2.31. The Balaban J connectivity index is 2.02. The molecule has 0 radical (unpaired) electrons. The van der Waals surface area contributed by atoms with Crippen LogP contribution in [0.5, 0.6) is 5.75 Å². The fraction of sp³-hybridized carbons (Fsp3) is 0.125. The highest BCUT2D eigenvalue weighted by molar-refractivity contribution is 6.63. The van der Waals surface area contributed by atoms with Crippen molar-refractivity contribution in [1.29, 1.82) is 0 Å². The molecule has 2 aromatic rings. The van der Waals surface area contributed by atoms with Crippen LogP contribution >= 0.6 is 0 Å². The van der Waals surface area contributed by atoms with E-state index in [2.05, 4.69) is 4.99 Å². The average Bonchev–Trinajstić information content (AvgIpc) is 2.58. The van der Waals surface area contributed by atoms with Crippen LogP contribution in [0.4, 0.5) is 0 Å². The maximum absolute atomic E-state index is 12.0. The summed E-state index contributed by atoms with van der Waals surface area (Å²) in [6.45, 7) is 1.70. The van der Waals surface area contributed by atoms with Crippen LogP contribution < -0.4 is 10.1 Å². The summed E-state index contributed by atoms with van der Waals surface area (Å²) in [5, 5.41) is 0. The van der Waals surface area contributed by atoms with Crippen LogP contribution in [0.15, 0.2) is 59.6 Å². The number of nitrogens with zero attached hydrogens (tertiary/aromatic N) is 1. The normalized spacial score (nSPS) is 17.9. The van der Waals surface area contributed by atoms with Crippen molar-refractivity contribution in [2.45, 2.75) is 13.0 Å². The van der Waals surface area contributed by atoms with E-state index in [9.17, 15) is 4.79 Å². The molecule has 1 heterocycles. The van der Waals surface area contributed by atoms with Crippen LogP contribution in [0.25, 0.3) is 0 Å². The topological polar surface area (TPSA) is 47.9 Å². The fourth-order valence-electron chi connectivity index (χ4n) is 2.04. The summed E-state index contributed by atoms with van der Waals surface area (Å²) < 4.78 is 11.3. The first-order chi connectivity index (χ1) is 10.2. The van der Waals surface area contributed by atoms with E-state index in [0.29, 0.717) is 5.75 Å². The molecule has 0 spiro atoms. The summed E-state index contributed by atoms with van der Waals surface area (Å²) in [5.74, 6) is 0.227. The Morgan fingerprint density at radius 3 is 2.52 bits per heavy atom. The Labute approximate surface area is 123 Å². The summed E-state index contributed by atoms with van der Waals surface area (Å²) in [5.41, 5.74) is 1.61. The smallest absolute Gasteiger partial charge is 0.521 e. The van der Waals surface area contributed by atoms with E-state index in [0.717, 1.165) is 11.0 Å². The number of fused-ring (bicyclic) bond motifs is 1. The van der Waals surface area contributed by atoms with Crippen molar-refractivity contribution in [3.63, 3.8) is 0 Å². The van der Waals surface area contributed by atoms with Gasteiger partial charge in [0.1, 0.15) is 11.8 Å². The standard InChI is InChI=1S/C16H14BNO3/c1-12-16(19)21-17(14-8-3-2-4-9-14)20-15-10-6-5-7-13(15)11-18-12/h2-12H,1H3. The minimum Gasteiger partial charge on any atom is -0.521 e. The molecule has 4 nitrogen and oxygen atoms in total. The molecular weight excluding hydrogens is 265 g/mol. The predicted octanol–water partition coefficient (Wildman–Crippen LogP) is 1.82. The molecule has 5 heteroatoms. The first-order valence-electron chi connectivity index (χ1n) is 6.78. The van der Waals surface area contributed by atoms with Crippen LogP contribution in [0.2, 0.25) is 0 Å². The van der Waals surface area contributed by atoms with E-state index in [-0.39, 0.29) is 0 Å². The minimum absolute atomic E-state index is 0.409. The third kappa shape index (κ3) is 2.97. The highest BCUT2D eigenvalue weighted by atomic mass is 16.6. The molecule has 0 amide bonds. The van der Waals surface area contributed by atoms with Crippen LogP contribution in [-0.4, -0.2) is 25.3 Å². The maximum atomic E-state index is 12.0. The molecule has 0 aliphatic carbocycles. The lowest BCUT2D eigenvalue weighted by atomic mass is 9.78. The number of carbonyl (C=O) groups is 1. The molecule has 2 aromatic carbocycles. The molecule has 0 aromatic heterocycles. The van der Waals surface area contributed by atoms with Crippen molar-refractivity contribution in [2.24, 2.45) is 4.99 Å². The molecule has 1 aliphatic rings. The van der Waals surface area contributed by atoms with Crippen molar-refractivity contribution in [3.8, 4) is 5.75 Å². The number of carbonyl (C=O) groups excluding carboxylic acids is 1. The van der Waals surface area contributed by atoms with Gasteiger partial charge in [0, 0.05) is 17.2 Å². The number of benzene rings is 2. The molecule has 104 valence electrons. The summed E-state index contributed by atoms with van der Waals surface area (Å²) in [6, 6.07) is 16.3. The zero-order valence-corrected chi connectivity index (χ0v) is 11.6. The van der Waals surface area contributed by atoms with E-state index < -0.39 is 19.1 Å². The van der Waals surface area contributed by atoms with E-state index >= 15 is 0 Å². The number of hydrogen-bond donors (Lipinski definition) is 0.